The van der Waals surface area contributed by atoms with Crippen LogP contribution in [0.15, 0.2) is 91.0 Å². The van der Waals surface area contributed by atoms with Crippen LogP contribution in [0.2, 0.25) is 0 Å². The van der Waals surface area contributed by atoms with Gasteiger partial charge in [-0.1, -0.05) is 36.4 Å². The molecule has 0 aliphatic rings. The molecule has 0 spiro atoms. The van der Waals surface area contributed by atoms with Crippen LogP contribution in [-0.2, 0) is 0 Å². The molecule has 0 saturated carbocycles. The predicted molar refractivity (Wildman–Crippen MR) is 129 cm³/mol. The standard InChI is InChI=1S/C25H20N4O5/c26-19-7-1-16(2-8-19)25(17-3-9-20(27)10-4-17)18-5-12-22(13-6-18)34-24-14-11-21(28(30)31)15-23(24)29(32)33/h1-15,25H,26-27H2. The van der Waals surface area contributed by atoms with Gasteiger partial charge >= 0.3 is 5.69 Å². The Hall–Kier alpha value is -4.92. The highest BCUT2D eigenvalue weighted by atomic mass is 16.6. The number of anilines is 2. The molecule has 4 aromatic carbocycles. The fourth-order valence-corrected chi connectivity index (χ4v) is 3.66. The maximum Gasteiger partial charge on any atom is 0.318 e. The average Bonchev–Trinajstić information content (AvgIpc) is 2.82. The zero-order chi connectivity index (χ0) is 24.2. The van der Waals surface area contributed by atoms with Crippen molar-refractivity contribution in [3.8, 4) is 11.5 Å². The Labute approximate surface area is 194 Å². The van der Waals surface area contributed by atoms with Crippen LogP contribution in [-0.4, -0.2) is 9.85 Å². The quantitative estimate of drug-likeness (QED) is 0.158. The highest BCUT2D eigenvalue weighted by molar-refractivity contribution is 5.55. The molecule has 0 saturated heterocycles. The molecule has 0 aliphatic carbocycles. The summed E-state index contributed by atoms with van der Waals surface area (Å²) in [7, 11) is 0. The number of nitrogen functional groups attached to an aromatic ring is 2. The zero-order valence-electron chi connectivity index (χ0n) is 17.8. The van der Waals surface area contributed by atoms with Crippen LogP contribution in [0.5, 0.6) is 11.5 Å². The van der Waals surface area contributed by atoms with Crippen LogP contribution in [0, 0.1) is 20.2 Å². The molecule has 9 heteroatoms. The molecule has 4 rings (SSSR count). The normalized spacial score (nSPS) is 10.7. The van der Waals surface area contributed by atoms with Crippen molar-refractivity contribution in [2.45, 2.75) is 5.92 Å². The summed E-state index contributed by atoms with van der Waals surface area (Å²) in [6, 6.07) is 25.6. The van der Waals surface area contributed by atoms with E-state index in [4.69, 9.17) is 16.2 Å². The van der Waals surface area contributed by atoms with Gasteiger partial charge in [-0.2, -0.15) is 0 Å². The van der Waals surface area contributed by atoms with Gasteiger partial charge in [0.05, 0.1) is 15.9 Å². The number of non-ortho nitro benzene ring substituents is 1. The largest absolute Gasteiger partial charge is 0.450 e. The Morgan fingerprint density at radius 3 is 1.56 bits per heavy atom. The van der Waals surface area contributed by atoms with Gasteiger partial charge in [-0.05, 0) is 59.2 Å². The highest BCUT2D eigenvalue weighted by Crippen LogP contribution is 2.37. The Bertz CT molecular complexity index is 1290. The Morgan fingerprint density at radius 2 is 1.12 bits per heavy atom. The summed E-state index contributed by atoms with van der Waals surface area (Å²) in [6.45, 7) is 0. The number of hydrogen-bond donors (Lipinski definition) is 2. The second-order valence-electron chi connectivity index (χ2n) is 7.60. The van der Waals surface area contributed by atoms with Crippen LogP contribution in [0.25, 0.3) is 0 Å². The second-order valence-corrected chi connectivity index (χ2v) is 7.60. The van der Waals surface area contributed by atoms with E-state index in [0.717, 1.165) is 28.8 Å². The second kappa shape index (κ2) is 9.29. The molecule has 170 valence electrons. The maximum absolute atomic E-state index is 11.4. The van der Waals surface area contributed by atoms with Crippen LogP contribution < -0.4 is 16.2 Å². The Kier molecular flexibility index (Phi) is 6.09. The van der Waals surface area contributed by atoms with Crippen molar-refractivity contribution in [3.05, 3.63) is 128 Å². The first-order valence-electron chi connectivity index (χ1n) is 10.2. The summed E-state index contributed by atoms with van der Waals surface area (Å²) in [5.74, 6) is 0.162. The lowest BCUT2D eigenvalue weighted by molar-refractivity contribution is -0.394. The van der Waals surface area contributed by atoms with Crippen molar-refractivity contribution in [2.24, 2.45) is 0 Å². The van der Waals surface area contributed by atoms with Crippen molar-refractivity contribution < 1.29 is 14.6 Å². The number of rotatable bonds is 7. The van der Waals surface area contributed by atoms with Crippen molar-refractivity contribution in [3.63, 3.8) is 0 Å². The molecular formula is C25H20N4O5. The summed E-state index contributed by atoms with van der Waals surface area (Å²) < 4.78 is 5.69. The predicted octanol–water partition coefficient (Wildman–Crippen LogP) is 5.64. The fourth-order valence-electron chi connectivity index (χ4n) is 3.66. The molecule has 0 bridgehead atoms. The molecule has 9 nitrogen and oxygen atoms in total. The van der Waals surface area contributed by atoms with Gasteiger partial charge in [-0.25, -0.2) is 0 Å². The molecule has 0 unspecified atom stereocenters. The molecule has 0 radical (unpaired) electrons. The van der Waals surface area contributed by atoms with Crippen LogP contribution in [0.1, 0.15) is 22.6 Å². The SMILES string of the molecule is Nc1ccc(C(c2ccc(N)cc2)c2ccc(Oc3ccc([N+](=O)[O-])cc3[N+](=O)[O-])cc2)cc1. The summed E-state index contributed by atoms with van der Waals surface area (Å²) in [5.41, 5.74) is 15.2. The topological polar surface area (TPSA) is 148 Å². The van der Waals surface area contributed by atoms with Crippen LogP contribution >= 0.6 is 0 Å². The van der Waals surface area contributed by atoms with Gasteiger partial charge < -0.3 is 16.2 Å². The van der Waals surface area contributed by atoms with E-state index < -0.39 is 15.5 Å². The molecule has 0 aromatic heterocycles. The van der Waals surface area contributed by atoms with E-state index in [2.05, 4.69) is 0 Å². The molecule has 0 fully saturated rings. The minimum atomic E-state index is -0.713. The maximum atomic E-state index is 11.4. The number of nitrogens with zero attached hydrogens (tertiary/aromatic N) is 2. The number of nitrogens with two attached hydrogens (primary N) is 2. The third-order valence-electron chi connectivity index (χ3n) is 5.33. The molecule has 4 N–H and O–H groups in total. The smallest absolute Gasteiger partial charge is 0.318 e. The van der Waals surface area contributed by atoms with Gasteiger partial charge in [0, 0.05) is 23.4 Å². The van der Waals surface area contributed by atoms with E-state index >= 15 is 0 Å². The zero-order valence-corrected chi connectivity index (χ0v) is 17.8. The number of ether oxygens (including phenoxy) is 1. The first-order chi connectivity index (χ1) is 16.3. The number of nitro benzene ring substituents is 2. The lowest BCUT2D eigenvalue weighted by Gasteiger charge is -2.20. The monoisotopic (exact) mass is 456 g/mol. The summed E-state index contributed by atoms with van der Waals surface area (Å²) in [5, 5.41) is 22.3. The molecule has 34 heavy (non-hydrogen) atoms. The molecule has 0 amide bonds. The van der Waals surface area contributed by atoms with Gasteiger partial charge in [-0.15, -0.1) is 0 Å². The van der Waals surface area contributed by atoms with Crippen LogP contribution in [0.3, 0.4) is 0 Å². The van der Waals surface area contributed by atoms with E-state index in [1.807, 2.05) is 60.7 Å². The Balaban J connectivity index is 1.67. The van der Waals surface area contributed by atoms with Gasteiger partial charge in [0.2, 0.25) is 5.75 Å². The van der Waals surface area contributed by atoms with E-state index in [0.29, 0.717) is 17.1 Å². The summed E-state index contributed by atoms with van der Waals surface area (Å²) >= 11 is 0. The van der Waals surface area contributed by atoms with Crippen molar-refractivity contribution >= 4 is 22.7 Å². The van der Waals surface area contributed by atoms with Crippen molar-refractivity contribution in [1.29, 1.82) is 0 Å². The number of nitro groups is 2. The van der Waals surface area contributed by atoms with Gasteiger partial charge in [0.25, 0.3) is 5.69 Å². The van der Waals surface area contributed by atoms with Gasteiger partial charge in [0.15, 0.2) is 0 Å². The first kappa shape index (κ1) is 22.3. The fraction of sp³-hybridized carbons (Fsp3) is 0.0400. The van der Waals surface area contributed by atoms with E-state index in [1.54, 1.807) is 12.1 Å². The minimum Gasteiger partial charge on any atom is -0.450 e. The average molecular weight is 456 g/mol. The van der Waals surface area contributed by atoms with E-state index in [-0.39, 0.29) is 17.4 Å². The minimum absolute atomic E-state index is 0.0861. The van der Waals surface area contributed by atoms with Crippen LogP contribution in [0.4, 0.5) is 22.7 Å². The van der Waals surface area contributed by atoms with Gasteiger partial charge in [-0.3, -0.25) is 20.2 Å². The Morgan fingerprint density at radius 1 is 0.647 bits per heavy atom. The lowest BCUT2D eigenvalue weighted by atomic mass is 9.85. The summed E-state index contributed by atoms with van der Waals surface area (Å²) in [6.07, 6.45) is 0. The van der Waals surface area contributed by atoms with E-state index in [9.17, 15) is 20.2 Å². The molecular weight excluding hydrogens is 436 g/mol. The third kappa shape index (κ3) is 4.78. The molecule has 0 aliphatic heterocycles. The summed E-state index contributed by atoms with van der Waals surface area (Å²) in [4.78, 5) is 20.9. The van der Waals surface area contributed by atoms with Crippen molar-refractivity contribution in [2.75, 3.05) is 11.5 Å². The highest BCUT2D eigenvalue weighted by Gasteiger charge is 2.22. The number of hydrogen-bond acceptors (Lipinski definition) is 7. The molecule has 0 atom stereocenters. The first-order valence-corrected chi connectivity index (χ1v) is 10.2. The van der Waals surface area contributed by atoms with E-state index in [1.165, 1.54) is 6.07 Å². The lowest BCUT2D eigenvalue weighted by Crippen LogP contribution is -2.04. The van der Waals surface area contributed by atoms with Gasteiger partial charge in [0.1, 0.15) is 5.75 Å². The molecule has 4 aromatic rings. The third-order valence-corrected chi connectivity index (χ3v) is 5.33. The molecule has 0 heterocycles. The van der Waals surface area contributed by atoms with Crippen molar-refractivity contribution in [1.82, 2.24) is 0 Å². The number of benzene rings is 4.